The number of fused-ring (bicyclic) bond motifs is 2. The highest BCUT2D eigenvalue weighted by molar-refractivity contribution is 5.98. The molecule has 254 valence electrons. The van der Waals surface area contributed by atoms with Gasteiger partial charge in [-0.1, -0.05) is 32.0 Å². The Kier molecular flexibility index (Phi) is 7.85. The van der Waals surface area contributed by atoms with E-state index < -0.39 is 93.7 Å². The van der Waals surface area contributed by atoms with E-state index in [-0.39, 0.29) is 31.5 Å². The van der Waals surface area contributed by atoms with Gasteiger partial charge in [-0.15, -0.1) is 0 Å². The van der Waals surface area contributed by atoms with E-state index in [1.807, 2.05) is 6.92 Å². The fourth-order valence-electron chi connectivity index (χ4n) is 10.1. The molecule has 12 unspecified atom stereocenters. The van der Waals surface area contributed by atoms with Crippen LogP contribution in [0.25, 0.3) is 0 Å². The fourth-order valence-corrected chi connectivity index (χ4v) is 10.1. The zero-order chi connectivity index (χ0) is 34.3. The molecule has 47 heavy (non-hydrogen) atoms. The molecule has 1 aromatic rings. The monoisotopic (exact) mass is 654 g/mol. The summed E-state index contributed by atoms with van der Waals surface area (Å²) in [7, 11) is 0. The third kappa shape index (κ3) is 4.80. The first kappa shape index (κ1) is 33.1. The second kappa shape index (κ2) is 11.1. The Morgan fingerprint density at radius 2 is 1.53 bits per heavy atom. The largest absolute Gasteiger partial charge is 0.465 e. The first-order valence-electron chi connectivity index (χ1n) is 16.1. The molecule has 12 atom stereocenters. The van der Waals surface area contributed by atoms with E-state index in [0.717, 1.165) is 0 Å². The molecule has 2 bridgehead atoms. The standard InChI is InChI=1S/C35H42O12/c1-17-14-35(47-21(5)39)26(27(17)44-19(3)37)29(45-20(4)38)34-16-43-33(7,31(35)41)28(34)25-23(32(25,6)15-42-18(2)36)13-24(34)46-30(40)22-11-9-8-10-12-22/h8-12,17,23-29H,13-16H2,1-7H3. The quantitative estimate of drug-likeness (QED) is 0.313. The Morgan fingerprint density at radius 3 is 2.13 bits per heavy atom. The van der Waals surface area contributed by atoms with Crippen molar-refractivity contribution in [2.45, 2.75) is 90.8 Å². The van der Waals surface area contributed by atoms with Crippen LogP contribution in [0.4, 0.5) is 0 Å². The number of ether oxygens (including phenoxy) is 6. The molecule has 6 rings (SSSR count). The van der Waals surface area contributed by atoms with Gasteiger partial charge in [0, 0.05) is 45.4 Å². The lowest BCUT2D eigenvalue weighted by molar-refractivity contribution is -0.213. The van der Waals surface area contributed by atoms with Crippen molar-refractivity contribution in [3.8, 4) is 0 Å². The molecule has 1 aliphatic heterocycles. The van der Waals surface area contributed by atoms with Crippen LogP contribution >= 0.6 is 0 Å². The maximum atomic E-state index is 15.2. The van der Waals surface area contributed by atoms with Gasteiger partial charge in [0.05, 0.1) is 30.1 Å². The Hall–Kier alpha value is -3.80. The van der Waals surface area contributed by atoms with Crippen molar-refractivity contribution in [2.24, 2.45) is 40.4 Å². The maximum Gasteiger partial charge on any atom is 0.338 e. The summed E-state index contributed by atoms with van der Waals surface area (Å²) in [5, 5.41) is 0. The normalized spacial score (nSPS) is 42.5. The number of esters is 5. The minimum atomic E-state index is -1.89. The van der Waals surface area contributed by atoms with Crippen molar-refractivity contribution in [2.75, 3.05) is 13.2 Å². The molecule has 0 aromatic heterocycles. The highest BCUT2D eigenvalue weighted by atomic mass is 16.6. The van der Waals surface area contributed by atoms with Crippen LogP contribution in [0.2, 0.25) is 0 Å². The van der Waals surface area contributed by atoms with Gasteiger partial charge in [-0.25, -0.2) is 4.79 Å². The first-order valence-corrected chi connectivity index (χ1v) is 16.1. The van der Waals surface area contributed by atoms with E-state index in [2.05, 4.69) is 0 Å². The lowest BCUT2D eigenvalue weighted by Crippen LogP contribution is -2.62. The van der Waals surface area contributed by atoms with E-state index >= 15 is 4.79 Å². The molecule has 0 amide bonds. The molecule has 5 fully saturated rings. The summed E-state index contributed by atoms with van der Waals surface area (Å²) in [5.41, 5.74) is -5.18. The van der Waals surface area contributed by atoms with Gasteiger partial charge in [0.2, 0.25) is 5.78 Å². The maximum absolute atomic E-state index is 15.2. The minimum absolute atomic E-state index is 0.0131. The van der Waals surface area contributed by atoms with Crippen LogP contribution in [0.5, 0.6) is 0 Å². The summed E-state index contributed by atoms with van der Waals surface area (Å²) in [4.78, 5) is 79.4. The van der Waals surface area contributed by atoms with Gasteiger partial charge in [-0.3, -0.25) is 24.0 Å². The molecule has 0 radical (unpaired) electrons. The number of ketones is 1. The highest BCUT2D eigenvalue weighted by Crippen LogP contribution is 2.78. The van der Waals surface area contributed by atoms with Crippen LogP contribution in [0, 0.1) is 40.4 Å². The Labute approximate surface area is 273 Å². The molecular formula is C35H42O12. The Bertz CT molecular complexity index is 1520. The van der Waals surface area contributed by atoms with Crippen LogP contribution in [0.3, 0.4) is 0 Å². The summed E-state index contributed by atoms with van der Waals surface area (Å²) >= 11 is 0. The number of Topliss-reactive ketones (excluding diaryl/α,β-unsaturated/α-hetero) is 1. The molecule has 4 aliphatic carbocycles. The van der Waals surface area contributed by atoms with E-state index in [1.54, 1.807) is 44.2 Å². The second-order valence-electron chi connectivity index (χ2n) is 14.5. The summed E-state index contributed by atoms with van der Waals surface area (Å²) in [6.07, 6.45) is -2.92. The van der Waals surface area contributed by atoms with Gasteiger partial charge in [-0.2, -0.15) is 0 Å². The fraction of sp³-hybridized carbons (Fsp3) is 0.657. The van der Waals surface area contributed by atoms with Crippen LogP contribution < -0.4 is 0 Å². The molecule has 5 aliphatic rings. The summed E-state index contributed by atoms with van der Waals surface area (Å²) < 4.78 is 36.7. The SMILES string of the molecule is CC(=O)OCC1(C)C2CC(OC(=O)c3ccccc3)C34COC(C)(C(=O)C5(OC(C)=O)CC(C)C(OC(C)=O)C5C3OC(C)=O)C4C21. The van der Waals surface area contributed by atoms with Gasteiger partial charge >= 0.3 is 29.8 Å². The predicted octanol–water partition coefficient (Wildman–Crippen LogP) is 3.23. The van der Waals surface area contributed by atoms with E-state index in [4.69, 9.17) is 28.4 Å². The van der Waals surface area contributed by atoms with Crippen molar-refractivity contribution in [1.82, 2.24) is 0 Å². The van der Waals surface area contributed by atoms with Gasteiger partial charge < -0.3 is 28.4 Å². The smallest absolute Gasteiger partial charge is 0.338 e. The molecule has 1 heterocycles. The molecule has 12 nitrogen and oxygen atoms in total. The lowest BCUT2D eigenvalue weighted by Gasteiger charge is -2.50. The summed E-state index contributed by atoms with van der Waals surface area (Å²) in [5.74, 6) is -6.44. The molecular weight excluding hydrogens is 612 g/mol. The number of hydrogen-bond donors (Lipinski definition) is 0. The number of carbonyl (C=O) groups excluding carboxylic acids is 6. The average molecular weight is 655 g/mol. The van der Waals surface area contributed by atoms with E-state index in [1.165, 1.54) is 27.7 Å². The third-order valence-electron chi connectivity index (χ3n) is 11.7. The van der Waals surface area contributed by atoms with Crippen molar-refractivity contribution in [3.05, 3.63) is 35.9 Å². The predicted molar refractivity (Wildman–Crippen MR) is 160 cm³/mol. The number of benzene rings is 1. The molecule has 1 saturated heterocycles. The van der Waals surface area contributed by atoms with Crippen LogP contribution in [-0.2, 0) is 52.4 Å². The van der Waals surface area contributed by atoms with Gasteiger partial charge in [0.1, 0.15) is 23.9 Å². The minimum Gasteiger partial charge on any atom is -0.465 e. The van der Waals surface area contributed by atoms with Crippen LogP contribution in [0.1, 0.15) is 71.7 Å². The van der Waals surface area contributed by atoms with E-state index in [9.17, 15) is 24.0 Å². The summed E-state index contributed by atoms with van der Waals surface area (Å²) in [6.45, 7) is 10.3. The Morgan fingerprint density at radius 1 is 0.872 bits per heavy atom. The average Bonchev–Trinajstić information content (AvgIpc) is 3.29. The van der Waals surface area contributed by atoms with Gasteiger partial charge in [0.25, 0.3) is 0 Å². The molecule has 0 spiro atoms. The topological polar surface area (TPSA) is 158 Å². The summed E-state index contributed by atoms with van der Waals surface area (Å²) in [6, 6.07) is 8.45. The number of carbonyl (C=O) groups is 6. The van der Waals surface area contributed by atoms with Crippen LogP contribution in [0.15, 0.2) is 30.3 Å². The highest BCUT2D eigenvalue weighted by Gasteiger charge is 2.87. The van der Waals surface area contributed by atoms with Crippen molar-refractivity contribution < 1.29 is 57.2 Å². The molecule has 12 heteroatoms. The number of rotatable bonds is 7. The van der Waals surface area contributed by atoms with Crippen molar-refractivity contribution >= 4 is 35.6 Å². The zero-order valence-corrected chi connectivity index (χ0v) is 27.7. The van der Waals surface area contributed by atoms with E-state index in [0.29, 0.717) is 12.0 Å². The van der Waals surface area contributed by atoms with Gasteiger partial charge in [-0.05, 0) is 43.2 Å². The zero-order valence-electron chi connectivity index (χ0n) is 27.7. The number of hydrogen-bond acceptors (Lipinski definition) is 12. The molecule has 0 N–H and O–H groups in total. The molecule has 4 saturated carbocycles. The Balaban J connectivity index is 1.60. The third-order valence-corrected chi connectivity index (χ3v) is 11.7. The van der Waals surface area contributed by atoms with Crippen LogP contribution in [-0.4, -0.2) is 78.4 Å². The lowest BCUT2D eigenvalue weighted by atomic mass is 9.57. The second-order valence-corrected chi connectivity index (χ2v) is 14.5. The van der Waals surface area contributed by atoms with Crippen molar-refractivity contribution in [3.63, 3.8) is 0 Å². The van der Waals surface area contributed by atoms with Crippen molar-refractivity contribution in [1.29, 1.82) is 0 Å². The molecule has 1 aromatic carbocycles. The van der Waals surface area contributed by atoms with Gasteiger partial charge in [0.15, 0.2) is 5.60 Å². The first-order chi connectivity index (χ1) is 22.0.